The van der Waals surface area contributed by atoms with Crippen LogP contribution >= 0.6 is 65.3 Å². The monoisotopic (exact) mass is 1120 g/mol. The molecule has 406 valence electrons. The van der Waals surface area contributed by atoms with Gasteiger partial charge in [0.25, 0.3) is 0 Å². The second-order valence-electron chi connectivity index (χ2n) is 19.7. The number of alkyl carbamates (subject to hydrolysis) is 2. The lowest BCUT2D eigenvalue weighted by molar-refractivity contribution is -0.135. The molecule has 2 aromatic heterocycles. The number of methoxy groups -OCH3 is 2. The Kier molecular flexibility index (Phi) is 20.2. The molecule has 3 fully saturated rings. The number of fused-ring (bicyclic) bond motifs is 5. The van der Waals surface area contributed by atoms with Crippen LogP contribution in [0.5, 0.6) is 5.75 Å². The highest BCUT2D eigenvalue weighted by Crippen LogP contribution is 2.48. The molecule has 0 aliphatic carbocycles. The molecule has 0 radical (unpaired) electrons. The zero-order valence-corrected chi connectivity index (χ0v) is 47.8. The van der Waals surface area contributed by atoms with Gasteiger partial charge >= 0.3 is 12.2 Å². The van der Waals surface area contributed by atoms with Crippen LogP contribution in [0.3, 0.4) is 0 Å². The van der Waals surface area contributed by atoms with E-state index in [1.165, 1.54) is 19.1 Å². The maximum absolute atomic E-state index is 17.0. The van der Waals surface area contributed by atoms with Crippen molar-refractivity contribution in [3.8, 4) is 17.0 Å². The van der Waals surface area contributed by atoms with E-state index < -0.39 is 36.3 Å². The molecule has 5 atom stereocenters. The minimum atomic E-state index is -0.741. The first kappa shape index (κ1) is 59.3. The van der Waals surface area contributed by atoms with Crippen molar-refractivity contribution in [3.63, 3.8) is 0 Å². The van der Waals surface area contributed by atoms with Gasteiger partial charge in [-0.2, -0.15) is 54.0 Å². The first-order chi connectivity index (χ1) is 34.4. The van der Waals surface area contributed by atoms with Gasteiger partial charge in [0.1, 0.15) is 23.7 Å². The Labute approximate surface area is 469 Å². The Balaban J connectivity index is 0.00000229. The summed E-state index contributed by atoms with van der Waals surface area (Å²) < 4.78 is 41.3. The normalized spacial score (nSPS) is 20.6. The molecule has 6 aliphatic heterocycles. The number of likely N-dealkylation sites (tertiary alicyclic amines) is 2. The van der Waals surface area contributed by atoms with Gasteiger partial charge in [-0.25, -0.2) is 14.0 Å². The van der Waals surface area contributed by atoms with Crippen LogP contribution in [0.4, 0.5) is 14.0 Å². The molecule has 0 saturated carbocycles. The highest BCUT2D eigenvalue weighted by Gasteiger charge is 2.42. The molecule has 2 aromatic carbocycles. The Morgan fingerprint density at radius 2 is 1.41 bits per heavy atom. The van der Waals surface area contributed by atoms with E-state index in [0.717, 1.165) is 82.4 Å². The fourth-order valence-corrected chi connectivity index (χ4v) is 12.5. The molecule has 0 spiro atoms. The molecule has 3 saturated heterocycles. The van der Waals surface area contributed by atoms with Crippen LogP contribution in [-0.2, 0) is 30.2 Å². The number of carbonyl (C=O) groups is 4. The summed E-state index contributed by atoms with van der Waals surface area (Å²) in [7, 11) is 2.59. The number of nitrogens with zero attached hydrogens (tertiary/aromatic N) is 5. The molecule has 6 aliphatic rings. The van der Waals surface area contributed by atoms with Crippen LogP contribution in [0.2, 0.25) is 0 Å². The summed E-state index contributed by atoms with van der Waals surface area (Å²) in [6, 6.07) is 14.2. The number of aromatic nitrogens is 1. The van der Waals surface area contributed by atoms with Crippen molar-refractivity contribution in [2.75, 3.05) is 40.5 Å². The van der Waals surface area contributed by atoms with Gasteiger partial charge in [-0.05, 0) is 122 Å². The Bertz CT molecular complexity index is 2900. The van der Waals surface area contributed by atoms with E-state index in [4.69, 9.17) is 28.9 Å². The van der Waals surface area contributed by atoms with Crippen molar-refractivity contribution in [1.82, 2.24) is 25.0 Å². The average Bonchev–Trinajstić information content (AvgIpc) is 4.24. The van der Waals surface area contributed by atoms with Crippen LogP contribution in [-0.4, -0.2) is 114 Å². The Morgan fingerprint density at radius 1 is 0.787 bits per heavy atom. The lowest BCUT2D eigenvalue weighted by Crippen LogP contribution is -2.55. The summed E-state index contributed by atoms with van der Waals surface area (Å²) in [4.78, 5) is 68.4. The quantitative estimate of drug-likeness (QED) is 0.134. The number of amides is 4. The SMILES string of the molecule is CCCc1ccc(C2Oc3cc(C4=CN=C([C@@H]5CCCN5C(=O)[C@@H](NC(=O)OC)C(C)C)C4)cc(F)c3-c3cc4cc(C5=CN=C([C@@H]6CCCN6C(=O)[C@@H](NC(=O)OC)C6CCOCC6)C5)ccc4n32)s1.S.S.S.S. The van der Waals surface area contributed by atoms with Crippen LogP contribution in [0, 0.1) is 17.7 Å². The number of aryl methyl sites for hydroxylation is 1. The molecular formula is C54H70FN7O8S5. The summed E-state index contributed by atoms with van der Waals surface area (Å²) in [5, 5.41) is 6.49. The number of carbonyl (C=O) groups excluding carboxylic acids is 4. The van der Waals surface area contributed by atoms with Gasteiger partial charge in [-0.3, -0.25) is 24.1 Å². The van der Waals surface area contributed by atoms with Gasteiger partial charge in [-0.15, -0.1) is 11.3 Å². The van der Waals surface area contributed by atoms with Gasteiger partial charge in [0.2, 0.25) is 18.0 Å². The summed E-state index contributed by atoms with van der Waals surface area (Å²) >= 11 is 1.71. The van der Waals surface area contributed by atoms with Gasteiger partial charge < -0.3 is 39.4 Å². The molecule has 8 heterocycles. The van der Waals surface area contributed by atoms with Gasteiger partial charge in [0.15, 0.2) is 0 Å². The molecule has 10 rings (SSSR count). The molecule has 1 unspecified atom stereocenters. The van der Waals surface area contributed by atoms with Crippen molar-refractivity contribution in [2.45, 2.75) is 115 Å². The lowest BCUT2D eigenvalue weighted by Gasteiger charge is -2.34. The third-order valence-corrected chi connectivity index (χ3v) is 16.2. The van der Waals surface area contributed by atoms with Crippen LogP contribution in [0.25, 0.3) is 33.3 Å². The number of allylic oxidation sites excluding steroid dienone is 2. The van der Waals surface area contributed by atoms with E-state index >= 15 is 4.39 Å². The van der Waals surface area contributed by atoms with Gasteiger partial charge in [0, 0.05) is 73.2 Å². The van der Waals surface area contributed by atoms with Crippen LogP contribution in [0.15, 0.2) is 70.9 Å². The topological polar surface area (TPSA) is 165 Å². The number of ether oxygens (including phenoxy) is 4. The lowest BCUT2D eigenvalue weighted by atomic mass is 9.90. The maximum atomic E-state index is 17.0. The van der Waals surface area contributed by atoms with Crippen molar-refractivity contribution in [1.29, 1.82) is 0 Å². The third-order valence-electron chi connectivity index (χ3n) is 15.0. The highest BCUT2D eigenvalue weighted by atomic mass is 32.1. The zero-order chi connectivity index (χ0) is 49.5. The molecule has 4 amide bonds. The fraction of sp³-hybridized carbons (Fsp3) is 0.481. The van der Waals surface area contributed by atoms with Crippen molar-refractivity contribution < 1.29 is 42.5 Å². The zero-order valence-electron chi connectivity index (χ0n) is 43.0. The number of benzene rings is 2. The predicted octanol–water partition coefficient (Wildman–Crippen LogP) is 9.74. The maximum Gasteiger partial charge on any atom is 0.407 e. The van der Waals surface area contributed by atoms with E-state index in [9.17, 15) is 19.2 Å². The first-order valence-electron chi connectivity index (χ1n) is 25.1. The average molecular weight is 1120 g/mol. The van der Waals surface area contributed by atoms with Crippen LogP contribution < -0.4 is 15.4 Å². The molecule has 2 N–H and O–H groups in total. The van der Waals surface area contributed by atoms with Gasteiger partial charge in [0.05, 0.1) is 48.0 Å². The molecule has 15 nitrogen and oxygen atoms in total. The van der Waals surface area contributed by atoms with Crippen LogP contribution in [0.1, 0.15) is 106 Å². The van der Waals surface area contributed by atoms with E-state index in [0.29, 0.717) is 74.6 Å². The molecule has 75 heavy (non-hydrogen) atoms. The summed E-state index contributed by atoms with van der Waals surface area (Å²) in [5.74, 6) is -0.451. The molecule has 0 bridgehead atoms. The standard InChI is InChI=1S/C54H62FN7O8S.4H2S/c1-6-9-37-13-15-46(71-37)52-62-41-14-12-32(35-24-39(56-28-35)43-11-8-19-61(43)51(64)49(59-54(66)68-5)31-16-20-69-21-17-31)22-34(41)26-44(62)47-38(55)23-33(27-45(47)70-52)36-25-40(57-29-36)42-10-7-18-60(42)50(63)48(30(2)3)58-53(65)67-4;;;;/h12-15,22-23,26-31,42-43,48-49,52H,6-11,16-21,24-25H2,1-5H3,(H,58,65)(H,59,66);4*1H2/t42-,43-,48-,49-,52?;;;;/m0..../s1. The smallest absolute Gasteiger partial charge is 0.407 e. The number of hydrogen-bond acceptors (Lipinski definition) is 11. The number of halogens is 1. The van der Waals surface area contributed by atoms with E-state index in [-0.39, 0.29) is 89.7 Å². The predicted molar refractivity (Wildman–Crippen MR) is 313 cm³/mol. The van der Waals surface area contributed by atoms with E-state index in [2.05, 4.69) is 58.5 Å². The summed E-state index contributed by atoms with van der Waals surface area (Å²) in [5.41, 5.74) is 7.27. The Morgan fingerprint density at radius 3 is 2.04 bits per heavy atom. The van der Waals surface area contributed by atoms with E-state index in [1.54, 1.807) is 23.6 Å². The number of nitrogens with one attached hydrogen (secondary N) is 2. The van der Waals surface area contributed by atoms with E-state index in [1.807, 2.05) is 35.9 Å². The molecular weight excluding hydrogens is 1050 g/mol. The fourth-order valence-electron chi connectivity index (χ4n) is 11.3. The largest absolute Gasteiger partial charge is 0.464 e. The summed E-state index contributed by atoms with van der Waals surface area (Å²) in [6.45, 7) is 8.17. The first-order valence-corrected chi connectivity index (χ1v) is 25.9. The van der Waals surface area contributed by atoms with Gasteiger partial charge in [-0.1, -0.05) is 33.3 Å². The highest BCUT2D eigenvalue weighted by molar-refractivity contribution is 7.59. The number of thiophene rings is 1. The van der Waals surface area contributed by atoms with Crippen molar-refractivity contribution in [3.05, 3.63) is 87.6 Å². The number of aliphatic imine (C=N–C) groups is 2. The second-order valence-corrected chi connectivity index (χ2v) is 20.9. The minimum absolute atomic E-state index is 0. The minimum Gasteiger partial charge on any atom is -0.464 e. The molecule has 21 heteroatoms. The summed E-state index contributed by atoms with van der Waals surface area (Å²) in [6.07, 6.45) is 9.36. The number of hydrogen-bond donors (Lipinski definition) is 2. The third kappa shape index (κ3) is 11.8. The second kappa shape index (κ2) is 25.5. The number of rotatable bonds is 13. The Hall–Kier alpha value is -4.93. The molecule has 4 aromatic rings. The van der Waals surface area contributed by atoms with Crippen molar-refractivity contribution >= 4 is 123 Å². The van der Waals surface area contributed by atoms with Crippen molar-refractivity contribution in [2.24, 2.45) is 21.8 Å².